The Hall–Kier alpha value is -0.790. The van der Waals surface area contributed by atoms with Crippen molar-refractivity contribution in [3.63, 3.8) is 0 Å². The molecule has 0 N–H and O–H groups in total. The fourth-order valence-corrected chi connectivity index (χ4v) is 1.43. The van der Waals surface area contributed by atoms with Crippen LogP contribution in [0.15, 0.2) is 12.7 Å². The quantitative estimate of drug-likeness (QED) is 0.340. The van der Waals surface area contributed by atoms with Crippen LogP contribution in [0, 0.1) is 5.92 Å². The van der Waals surface area contributed by atoms with Gasteiger partial charge in [-0.1, -0.05) is 19.4 Å². The van der Waals surface area contributed by atoms with Crippen LogP contribution in [0.1, 0.15) is 46.0 Å². The monoisotopic (exact) mass is 198 g/mol. The predicted octanol–water partition coefficient (Wildman–Crippen LogP) is 3.32. The lowest BCUT2D eigenvalue weighted by molar-refractivity contribution is -0.148. The van der Waals surface area contributed by atoms with Crippen molar-refractivity contribution in [2.24, 2.45) is 5.92 Å². The van der Waals surface area contributed by atoms with Gasteiger partial charge in [0.25, 0.3) is 0 Å². The van der Waals surface area contributed by atoms with Crippen LogP contribution in [0.25, 0.3) is 0 Å². The van der Waals surface area contributed by atoms with E-state index in [1.54, 1.807) is 0 Å². The van der Waals surface area contributed by atoms with Gasteiger partial charge in [0.15, 0.2) is 0 Å². The van der Waals surface area contributed by atoms with Crippen LogP contribution in [0.2, 0.25) is 0 Å². The number of hydrogen-bond acceptors (Lipinski definition) is 2. The molecule has 0 aliphatic rings. The van der Waals surface area contributed by atoms with Gasteiger partial charge in [0.05, 0.1) is 12.5 Å². The molecule has 2 nitrogen and oxygen atoms in total. The molecule has 0 heterocycles. The first-order chi connectivity index (χ1) is 6.76. The summed E-state index contributed by atoms with van der Waals surface area (Å²) in [7, 11) is 0. The number of carbonyl (C=O) groups is 1. The summed E-state index contributed by atoms with van der Waals surface area (Å²) in [6, 6.07) is 0. The topological polar surface area (TPSA) is 26.3 Å². The van der Waals surface area contributed by atoms with Gasteiger partial charge in [0.2, 0.25) is 0 Å². The molecule has 0 amide bonds. The van der Waals surface area contributed by atoms with Gasteiger partial charge in [-0.05, 0) is 32.6 Å². The maximum atomic E-state index is 11.4. The van der Waals surface area contributed by atoms with E-state index in [2.05, 4.69) is 6.58 Å². The number of carbonyl (C=O) groups excluding carboxylic acids is 1. The minimum absolute atomic E-state index is 0.0337. The molecular formula is C12H22O2. The van der Waals surface area contributed by atoms with Crippen molar-refractivity contribution in [1.29, 1.82) is 0 Å². The van der Waals surface area contributed by atoms with Crippen LogP contribution in [0.5, 0.6) is 0 Å². The van der Waals surface area contributed by atoms with E-state index in [-0.39, 0.29) is 11.9 Å². The molecule has 1 unspecified atom stereocenters. The molecule has 0 saturated carbocycles. The third-order valence-electron chi connectivity index (χ3n) is 2.32. The first-order valence-electron chi connectivity index (χ1n) is 5.53. The summed E-state index contributed by atoms with van der Waals surface area (Å²) in [5.74, 6) is 0.0633. The zero-order chi connectivity index (χ0) is 10.8. The first kappa shape index (κ1) is 13.2. The Morgan fingerprint density at radius 3 is 2.64 bits per heavy atom. The molecule has 14 heavy (non-hydrogen) atoms. The van der Waals surface area contributed by atoms with Gasteiger partial charge in [-0.25, -0.2) is 0 Å². The number of unbranched alkanes of at least 4 members (excludes halogenated alkanes) is 2. The highest BCUT2D eigenvalue weighted by Crippen LogP contribution is 2.15. The number of allylic oxidation sites excluding steroid dienone is 1. The molecule has 82 valence electrons. The van der Waals surface area contributed by atoms with Crippen molar-refractivity contribution in [3.8, 4) is 0 Å². The molecular weight excluding hydrogens is 176 g/mol. The van der Waals surface area contributed by atoms with Crippen LogP contribution in [-0.2, 0) is 9.53 Å². The summed E-state index contributed by atoms with van der Waals surface area (Å²) in [5, 5.41) is 0. The van der Waals surface area contributed by atoms with Crippen LogP contribution in [0.4, 0.5) is 0 Å². The number of rotatable bonds is 8. The molecule has 0 aromatic rings. The number of hydrogen-bond donors (Lipinski definition) is 0. The van der Waals surface area contributed by atoms with E-state index in [0.29, 0.717) is 6.61 Å². The van der Waals surface area contributed by atoms with Crippen LogP contribution >= 0.6 is 0 Å². The molecule has 0 aromatic carbocycles. The average molecular weight is 198 g/mol. The molecule has 1 atom stereocenters. The number of ether oxygens (including phenoxy) is 1. The zero-order valence-corrected chi connectivity index (χ0v) is 9.42. The lowest BCUT2D eigenvalue weighted by Gasteiger charge is -2.12. The standard InChI is InChI=1S/C12H22O2/c1-4-7-8-9-10-11(5-2)12(13)14-6-3/h4,11H,1,5-10H2,2-3H3. The fourth-order valence-electron chi connectivity index (χ4n) is 1.43. The molecule has 0 radical (unpaired) electrons. The van der Waals surface area contributed by atoms with Gasteiger partial charge in [0.1, 0.15) is 0 Å². The molecule has 0 bridgehead atoms. The Kier molecular flexibility index (Phi) is 8.30. The maximum Gasteiger partial charge on any atom is 0.308 e. The Labute approximate surface area is 87.3 Å². The number of esters is 1. The van der Waals surface area contributed by atoms with Crippen molar-refractivity contribution < 1.29 is 9.53 Å². The summed E-state index contributed by atoms with van der Waals surface area (Å²) in [5.41, 5.74) is 0. The third kappa shape index (κ3) is 5.79. The van der Waals surface area contributed by atoms with E-state index < -0.39 is 0 Å². The minimum Gasteiger partial charge on any atom is -0.466 e. The highest BCUT2D eigenvalue weighted by atomic mass is 16.5. The molecule has 2 heteroatoms. The Morgan fingerprint density at radius 1 is 1.43 bits per heavy atom. The Bertz CT molecular complexity index is 164. The largest absolute Gasteiger partial charge is 0.466 e. The third-order valence-corrected chi connectivity index (χ3v) is 2.32. The van der Waals surface area contributed by atoms with Gasteiger partial charge in [-0.2, -0.15) is 0 Å². The van der Waals surface area contributed by atoms with Gasteiger partial charge >= 0.3 is 5.97 Å². The van der Waals surface area contributed by atoms with E-state index in [1.165, 1.54) is 0 Å². The Balaban J connectivity index is 3.66. The second kappa shape index (κ2) is 8.79. The molecule has 0 aliphatic carbocycles. The highest BCUT2D eigenvalue weighted by molar-refractivity contribution is 5.72. The van der Waals surface area contributed by atoms with E-state index in [0.717, 1.165) is 32.1 Å². The summed E-state index contributed by atoms with van der Waals surface area (Å²) >= 11 is 0. The SMILES string of the molecule is C=CCCCCC(CC)C(=O)OCC. The molecule has 0 aromatic heterocycles. The zero-order valence-electron chi connectivity index (χ0n) is 9.42. The fraction of sp³-hybridized carbons (Fsp3) is 0.750. The Morgan fingerprint density at radius 2 is 2.14 bits per heavy atom. The summed E-state index contributed by atoms with van der Waals surface area (Å²) in [4.78, 5) is 11.4. The normalized spacial score (nSPS) is 12.1. The summed E-state index contributed by atoms with van der Waals surface area (Å²) in [6.45, 7) is 8.04. The lowest BCUT2D eigenvalue weighted by Crippen LogP contribution is -2.16. The van der Waals surface area contributed by atoms with Gasteiger partial charge < -0.3 is 4.74 Å². The molecule has 0 spiro atoms. The molecule has 0 saturated heterocycles. The van der Waals surface area contributed by atoms with Crippen LogP contribution in [-0.4, -0.2) is 12.6 Å². The van der Waals surface area contributed by atoms with Crippen molar-refractivity contribution in [2.45, 2.75) is 46.0 Å². The van der Waals surface area contributed by atoms with E-state index in [4.69, 9.17) is 4.74 Å². The van der Waals surface area contributed by atoms with Gasteiger partial charge in [-0.15, -0.1) is 6.58 Å². The van der Waals surface area contributed by atoms with Crippen molar-refractivity contribution in [2.75, 3.05) is 6.61 Å². The second-order valence-electron chi connectivity index (χ2n) is 3.43. The van der Waals surface area contributed by atoms with Crippen molar-refractivity contribution in [1.82, 2.24) is 0 Å². The second-order valence-corrected chi connectivity index (χ2v) is 3.43. The molecule has 0 aliphatic heterocycles. The summed E-state index contributed by atoms with van der Waals surface area (Å²) in [6.07, 6.45) is 7.00. The van der Waals surface area contributed by atoms with E-state index in [1.807, 2.05) is 19.9 Å². The maximum absolute atomic E-state index is 11.4. The minimum atomic E-state index is -0.0337. The van der Waals surface area contributed by atoms with E-state index >= 15 is 0 Å². The summed E-state index contributed by atoms with van der Waals surface area (Å²) < 4.78 is 4.99. The highest BCUT2D eigenvalue weighted by Gasteiger charge is 2.16. The smallest absolute Gasteiger partial charge is 0.308 e. The predicted molar refractivity (Wildman–Crippen MR) is 59.1 cm³/mol. The van der Waals surface area contributed by atoms with Gasteiger partial charge in [0, 0.05) is 0 Å². The molecule has 0 rings (SSSR count). The van der Waals surface area contributed by atoms with E-state index in [9.17, 15) is 4.79 Å². The van der Waals surface area contributed by atoms with Crippen molar-refractivity contribution in [3.05, 3.63) is 12.7 Å². The van der Waals surface area contributed by atoms with Crippen LogP contribution in [0.3, 0.4) is 0 Å². The lowest BCUT2D eigenvalue weighted by atomic mass is 9.99. The first-order valence-corrected chi connectivity index (χ1v) is 5.53. The average Bonchev–Trinajstić information content (AvgIpc) is 2.18. The molecule has 0 fully saturated rings. The van der Waals surface area contributed by atoms with Gasteiger partial charge in [-0.3, -0.25) is 4.79 Å². The van der Waals surface area contributed by atoms with Crippen molar-refractivity contribution >= 4 is 5.97 Å². The van der Waals surface area contributed by atoms with Crippen LogP contribution < -0.4 is 0 Å².